The third-order valence-corrected chi connectivity index (χ3v) is 3.00. The second-order valence-electron chi connectivity index (χ2n) is 4.41. The van der Waals surface area contributed by atoms with E-state index in [1.165, 1.54) is 11.1 Å². The molecule has 0 aromatic heterocycles. The summed E-state index contributed by atoms with van der Waals surface area (Å²) >= 11 is 0. The van der Waals surface area contributed by atoms with Crippen LogP contribution in [0.15, 0.2) is 24.3 Å². The average Bonchev–Trinajstić information content (AvgIpc) is 2.70. The Morgan fingerprint density at radius 1 is 1.53 bits per heavy atom. The van der Waals surface area contributed by atoms with Gasteiger partial charge in [0.25, 0.3) is 0 Å². The molecule has 1 fully saturated rings. The highest BCUT2D eigenvalue weighted by atomic mass is 16.5. The van der Waals surface area contributed by atoms with Crippen molar-refractivity contribution in [3.05, 3.63) is 35.4 Å². The molecule has 0 aliphatic carbocycles. The van der Waals surface area contributed by atoms with Gasteiger partial charge in [0, 0.05) is 12.6 Å². The molecule has 0 spiro atoms. The molecule has 2 nitrogen and oxygen atoms in total. The maximum atomic E-state index is 6.14. The third kappa shape index (κ3) is 2.80. The minimum atomic E-state index is 0.147. The van der Waals surface area contributed by atoms with Crippen LogP contribution in [0.5, 0.6) is 0 Å². The van der Waals surface area contributed by atoms with E-state index in [9.17, 15) is 0 Å². The van der Waals surface area contributed by atoms with E-state index in [-0.39, 0.29) is 12.1 Å². The van der Waals surface area contributed by atoms with Gasteiger partial charge in [-0.1, -0.05) is 29.8 Å². The van der Waals surface area contributed by atoms with Crippen LogP contribution >= 0.6 is 0 Å². The summed E-state index contributed by atoms with van der Waals surface area (Å²) in [6, 6.07) is 8.69. The minimum Gasteiger partial charge on any atom is -0.377 e. The van der Waals surface area contributed by atoms with E-state index in [2.05, 4.69) is 31.2 Å². The standard InChI is InChI=1S/C13H19NO/c1-10-4-2-5-11(8-10)9-12(14)13-6-3-7-15-13/h2,4-5,8,12-13H,3,6-7,9,14H2,1H3. The Morgan fingerprint density at radius 3 is 3.07 bits per heavy atom. The van der Waals surface area contributed by atoms with Crippen LogP contribution in [0, 0.1) is 6.92 Å². The van der Waals surface area contributed by atoms with Gasteiger partial charge in [-0.2, -0.15) is 0 Å². The van der Waals surface area contributed by atoms with Crippen LogP contribution in [0.1, 0.15) is 24.0 Å². The lowest BCUT2D eigenvalue weighted by atomic mass is 9.99. The number of aryl methyl sites for hydroxylation is 1. The van der Waals surface area contributed by atoms with Crippen molar-refractivity contribution in [3.63, 3.8) is 0 Å². The van der Waals surface area contributed by atoms with Crippen LogP contribution in [0.25, 0.3) is 0 Å². The Kier molecular flexibility index (Phi) is 3.39. The summed E-state index contributed by atoms with van der Waals surface area (Å²) < 4.78 is 5.59. The summed E-state index contributed by atoms with van der Waals surface area (Å²) in [4.78, 5) is 0. The highest BCUT2D eigenvalue weighted by Gasteiger charge is 2.22. The fourth-order valence-corrected chi connectivity index (χ4v) is 2.18. The van der Waals surface area contributed by atoms with Gasteiger partial charge >= 0.3 is 0 Å². The summed E-state index contributed by atoms with van der Waals surface area (Å²) in [6.45, 7) is 2.99. The van der Waals surface area contributed by atoms with Crippen molar-refractivity contribution in [2.24, 2.45) is 5.73 Å². The van der Waals surface area contributed by atoms with E-state index in [1.807, 2.05) is 0 Å². The summed E-state index contributed by atoms with van der Waals surface area (Å²) in [5.74, 6) is 0. The first kappa shape index (κ1) is 10.7. The van der Waals surface area contributed by atoms with Gasteiger partial charge in [0.1, 0.15) is 0 Å². The summed E-state index contributed by atoms with van der Waals surface area (Å²) in [7, 11) is 0. The van der Waals surface area contributed by atoms with Crippen LogP contribution in [-0.4, -0.2) is 18.8 Å². The molecule has 1 heterocycles. The summed E-state index contributed by atoms with van der Waals surface area (Å²) in [6.07, 6.45) is 3.47. The van der Waals surface area contributed by atoms with Crippen molar-refractivity contribution >= 4 is 0 Å². The zero-order valence-corrected chi connectivity index (χ0v) is 9.28. The van der Waals surface area contributed by atoms with E-state index in [0.717, 1.165) is 25.9 Å². The molecule has 2 heteroatoms. The SMILES string of the molecule is Cc1cccc(CC(N)C2CCCO2)c1. The molecule has 1 aliphatic rings. The van der Waals surface area contributed by atoms with Gasteiger partial charge < -0.3 is 10.5 Å². The number of benzene rings is 1. The van der Waals surface area contributed by atoms with Gasteiger partial charge in [0.05, 0.1) is 6.10 Å². The minimum absolute atomic E-state index is 0.147. The van der Waals surface area contributed by atoms with E-state index in [1.54, 1.807) is 0 Å². The van der Waals surface area contributed by atoms with Crippen LogP contribution in [0.3, 0.4) is 0 Å². The highest BCUT2D eigenvalue weighted by molar-refractivity contribution is 5.23. The molecule has 2 N–H and O–H groups in total. The summed E-state index contributed by atoms with van der Waals surface area (Å²) in [5.41, 5.74) is 8.75. The molecule has 1 aliphatic heterocycles. The van der Waals surface area contributed by atoms with Crippen molar-refractivity contribution in [2.75, 3.05) is 6.61 Å². The third-order valence-electron chi connectivity index (χ3n) is 3.00. The lowest BCUT2D eigenvalue weighted by Gasteiger charge is -2.18. The lowest BCUT2D eigenvalue weighted by Crippen LogP contribution is -2.36. The van der Waals surface area contributed by atoms with Gasteiger partial charge in [0.2, 0.25) is 0 Å². The smallest absolute Gasteiger partial charge is 0.0730 e. The molecule has 0 amide bonds. The topological polar surface area (TPSA) is 35.2 Å². The van der Waals surface area contributed by atoms with Gasteiger partial charge in [-0.3, -0.25) is 0 Å². The van der Waals surface area contributed by atoms with E-state index in [0.29, 0.717) is 0 Å². The molecule has 2 rings (SSSR count). The Labute approximate surface area is 91.4 Å². The largest absolute Gasteiger partial charge is 0.377 e. The maximum absolute atomic E-state index is 6.14. The Hall–Kier alpha value is -0.860. The molecule has 15 heavy (non-hydrogen) atoms. The van der Waals surface area contributed by atoms with Gasteiger partial charge in [-0.15, -0.1) is 0 Å². The van der Waals surface area contributed by atoms with Gasteiger partial charge in [-0.25, -0.2) is 0 Å². The molecule has 0 saturated carbocycles. The fraction of sp³-hybridized carbons (Fsp3) is 0.538. The Bertz CT molecular complexity index is 318. The highest BCUT2D eigenvalue weighted by Crippen LogP contribution is 2.17. The first-order chi connectivity index (χ1) is 7.25. The van der Waals surface area contributed by atoms with Crippen molar-refractivity contribution < 1.29 is 4.74 Å². The number of rotatable bonds is 3. The first-order valence-corrected chi connectivity index (χ1v) is 5.68. The van der Waals surface area contributed by atoms with Crippen molar-refractivity contribution in [3.8, 4) is 0 Å². The lowest BCUT2D eigenvalue weighted by molar-refractivity contribution is 0.0900. The molecule has 82 valence electrons. The number of hydrogen-bond acceptors (Lipinski definition) is 2. The second-order valence-corrected chi connectivity index (χ2v) is 4.41. The van der Waals surface area contributed by atoms with Crippen molar-refractivity contribution in [1.29, 1.82) is 0 Å². The van der Waals surface area contributed by atoms with E-state index in [4.69, 9.17) is 10.5 Å². The maximum Gasteiger partial charge on any atom is 0.0730 e. The normalized spacial score (nSPS) is 22.9. The van der Waals surface area contributed by atoms with Crippen molar-refractivity contribution in [1.82, 2.24) is 0 Å². The zero-order chi connectivity index (χ0) is 10.7. The van der Waals surface area contributed by atoms with Crippen LogP contribution in [0.4, 0.5) is 0 Å². The Morgan fingerprint density at radius 2 is 2.40 bits per heavy atom. The molecule has 1 saturated heterocycles. The molecule has 2 atom stereocenters. The molecule has 2 unspecified atom stereocenters. The molecular weight excluding hydrogens is 186 g/mol. The molecular formula is C13H19NO. The van der Waals surface area contributed by atoms with E-state index < -0.39 is 0 Å². The van der Waals surface area contributed by atoms with E-state index >= 15 is 0 Å². The number of nitrogens with two attached hydrogens (primary N) is 1. The molecule has 1 aromatic carbocycles. The molecule has 1 aromatic rings. The van der Waals surface area contributed by atoms with Gasteiger partial charge in [0.15, 0.2) is 0 Å². The summed E-state index contributed by atoms with van der Waals surface area (Å²) in [5, 5.41) is 0. The second kappa shape index (κ2) is 4.77. The predicted octanol–water partition coefficient (Wildman–Crippen LogP) is 2.04. The van der Waals surface area contributed by atoms with Crippen LogP contribution < -0.4 is 5.73 Å². The number of hydrogen-bond donors (Lipinski definition) is 1. The van der Waals surface area contributed by atoms with Crippen LogP contribution in [-0.2, 0) is 11.2 Å². The van der Waals surface area contributed by atoms with Crippen LogP contribution in [0.2, 0.25) is 0 Å². The van der Waals surface area contributed by atoms with Crippen molar-refractivity contribution in [2.45, 2.75) is 38.3 Å². The predicted molar refractivity (Wildman–Crippen MR) is 61.8 cm³/mol. The zero-order valence-electron chi connectivity index (χ0n) is 9.28. The first-order valence-electron chi connectivity index (χ1n) is 5.68. The number of ether oxygens (including phenoxy) is 1. The molecule has 0 radical (unpaired) electrons. The quantitative estimate of drug-likeness (QED) is 0.819. The Balaban J connectivity index is 1.95. The fourth-order valence-electron chi connectivity index (χ4n) is 2.18. The monoisotopic (exact) mass is 205 g/mol. The molecule has 0 bridgehead atoms. The average molecular weight is 205 g/mol. The van der Waals surface area contributed by atoms with Gasteiger partial charge in [-0.05, 0) is 31.7 Å².